The molecule has 4 heteroatoms. The van der Waals surface area contributed by atoms with Crippen molar-refractivity contribution < 1.29 is 13.2 Å². The van der Waals surface area contributed by atoms with Crippen LogP contribution in [0, 0.1) is 17.5 Å². The zero-order chi connectivity index (χ0) is 13.9. The van der Waals surface area contributed by atoms with Crippen molar-refractivity contribution in [1.82, 2.24) is 0 Å². The highest BCUT2D eigenvalue weighted by Crippen LogP contribution is 2.28. The van der Waals surface area contributed by atoms with E-state index in [0.29, 0.717) is 17.7 Å². The zero-order valence-corrected chi connectivity index (χ0v) is 10.7. The van der Waals surface area contributed by atoms with Gasteiger partial charge < -0.3 is 5.73 Å². The van der Waals surface area contributed by atoms with Crippen LogP contribution in [0.25, 0.3) is 10.8 Å². The molecule has 0 atom stereocenters. The van der Waals surface area contributed by atoms with Gasteiger partial charge in [0.05, 0.1) is 0 Å². The quantitative estimate of drug-likeness (QED) is 0.592. The fourth-order valence-corrected chi connectivity index (χ4v) is 1.83. The van der Waals surface area contributed by atoms with Gasteiger partial charge in [0.1, 0.15) is 0 Å². The molecule has 0 spiro atoms. The maximum atomic E-state index is 13.6. The smallest absolute Gasteiger partial charge is 0.195 e. The second kappa shape index (κ2) is 5.76. The Balaban J connectivity index is 0.000000771. The fourth-order valence-electron chi connectivity index (χ4n) is 1.83. The van der Waals surface area contributed by atoms with E-state index < -0.39 is 17.5 Å². The van der Waals surface area contributed by atoms with Gasteiger partial charge in [-0.3, -0.25) is 0 Å². The molecule has 0 saturated heterocycles. The molecule has 0 radical (unpaired) electrons. The van der Waals surface area contributed by atoms with E-state index in [2.05, 4.69) is 0 Å². The van der Waals surface area contributed by atoms with Gasteiger partial charge in [0.15, 0.2) is 17.5 Å². The monoisotopic (exact) mass is 255 g/mol. The molecule has 0 bridgehead atoms. The summed E-state index contributed by atoms with van der Waals surface area (Å²) < 4.78 is 39.7. The van der Waals surface area contributed by atoms with Gasteiger partial charge in [0.25, 0.3) is 0 Å². The normalized spacial score (nSPS) is 10.1. The summed E-state index contributed by atoms with van der Waals surface area (Å²) in [6, 6.07) is 3.96. The number of hydrogen-bond donors (Lipinski definition) is 1. The first-order valence-electron chi connectivity index (χ1n) is 5.90. The van der Waals surface area contributed by atoms with Crippen molar-refractivity contribution in [3.05, 3.63) is 41.2 Å². The topological polar surface area (TPSA) is 26.0 Å². The Morgan fingerprint density at radius 1 is 1.00 bits per heavy atom. The van der Waals surface area contributed by atoms with E-state index in [-0.39, 0.29) is 10.8 Å². The molecular weight excluding hydrogens is 239 g/mol. The van der Waals surface area contributed by atoms with Crippen LogP contribution in [0.2, 0.25) is 0 Å². The molecule has 2 rings (SSSR count). The van der Waals surface area contributed by atoms with Crippen molar-refractivity contribution in [2.75, 3.05) is 5.73 Å². The molecular formula is C14H16F3N. The van der Waals surface area contributed by atoms with E-state index in [1.54, 1.807) is 13.0 Å². The second-order valence-electron chi connectivity index (χ2n) is 3.62. The van der Waals surface area contributed by atoms with Gasteiger partial charge in [-0.15, -0.1) is 0 Å². The summed E-state index contributed by atoms with van der Waals surface area (Å²) in [4.78, 5) is 0. The van der Waals surface area contributed by atoms with Gasteiger partial charge in [-0.05, 0) is 35.6 Å². The van der Waals surface area contributed by atoms with Gasteiger partial charge in [-0.2, -0.15) is 0 Å². The molecule has 2 aromatic rings. The van der Waals surface area contributed by atoms with Crippen LogP contribution in [0.1, 0.15) is 26.3 Å². The molecule has 0 amide bonds. The Bertz CT molecular complexity index is 565. The summed E-state index contributed by atoms with van der Waals surface area (Å²) in [5, 5.41) is 0.392. The maximum absolute atomic E-state index is 13.6. The van der Waals surface area contributed by atoms with Crippen LogP contribution in [-0.4, -0.2) is 0 Å². The van der Waals surface area contributed by atoms with Crippen molar-refractivity contribution in [2.45, 2.75) is 27.2 Å². The molecule has 0 unspecified atom stereocenters. The van der Waals surface area contributed by atoms with E-state index in [1.165, 1.54) is 6.07 Å². The number of rotatable bonds is 1. The van der Waals surface area contributed by atoms with E-state index in [0.717, 1.165) is 6.07 Å². The lowest BCUT2D eigenvalue weighted by molar-refractivity contribution is 0.453. The average Bonchev–Trinajstić information content (AvgIpc) is 2.37. The van der Waals surface area contributed by atoms with Gasteiger partial charge in [-0.25, -0.2) is 13.2 Å². The maximum Gasteiger partial charge on any atom is 0.195 e. The Kier molecular flexibility index (Phi) is 4.59. The predicted octanol–water partition coefficient (Wildman–Crippen LogP) is 4.43. The first-order valence-corrected chi connectivity index (χ1v) is 5.90. The molecule has 0 fully saturated rings. The summed E-state index contributed by atoms with van der Waals surface area (Å²) in [5.41, 5.74) is 6.59. The molecule has 0 aliphatic carbocycles. The minimum atomic E-state index is -1.44. The number of nitrogens with two attached hydrogens (primary N) is 1. The molecule has 0 heterocycles. The average molecular weight is 255 g/mol. The minimum Gasteiger partial charge on any atom is -0.399 e. The van der Waals surface area contributed by atoms with Crippen molar-refractivity contribution in [3.8, 4) is 0 Å². The minimum absolute atomic E-state index is 0.107. The van der Waals surface area contributed by atoms with Gasteiger partial charge in [-0.1, -0.05) is 20.8 Å². The predicted molar refractivity (Wildman–Crippen MR) is 69.0 cm³/mol. The standard InChI is InChI=1S/C12H10F3N.C2H6/c1-2-6-3-8(16)4-7-5-9(13)11(14)12(15)10(6)7;1-2/h3-5H,2,16H2,1H3;1-2H3. The van der Waals surface area contributed by atoms with Crippen molar-refractivity contribution in [1.29, 1.82) is 0 Å². The van der Waals surface area contributed by atoms with Crippen LogP contribution in [0.4, 0.5) is 18.9 Å². The fraction of sp³-hybridized carbons (Fsp3) is 0.286. The number of halogens is 3. The third kappa shape index (κ3) is 2.42. The van der Waals surface area contributed by atoms with Gasteiger partial charge in [0, 0.05) is 11.1 Å². The lowest BCUT2D eigenvalue weighted by Crippen LogP contribution is -1.97. The molecule has 0 aliphatic heterocycles. The SMILES string of the molecule is CC.CCc1cc(N)cc2cc(F)c(F)c(F)c12. The molecule has 0 saturated carbocycles. The van der Waals surface area contributed by atoms with Crippen LogP contribution >= 0.6 is 0 Å². The molecule has 98 valence electrons. The van der Waals surface area contributed by atoms with Crippen LogP contribution in [-0.2, 0) is 6.42 Å². The summed E-state index contributed by atoms with van der Waals surface area (Å²) in [5.74, 6) is -3.78. The molecule has 2 aromatic carbocycles. The third-order valence-electron chi connectivity index (χ3n) is 2.56. The van der Waals surface area contributed by atoms with Crippen LogP contribution in [0.5, 0.6) is 0 Å². The van der Waals surface area contributed by atoms with E-state index in [4.69, 9.17) is 5.73 Å². The number of aryl methyl sites for hydroxylation is 1. The second-order valence-corrected chi connectivity index (χ2v) is 3.62. The van der Waals surface area contributed by atoms with Crippen LogP contribution in [0.3, 0.4) is 0 Å². The highest BCUT2D eigenvalue weighted by molar-refractivity contribution is 5.89. The van der Waals surface area contributed by atoms with Crippen molar-refractivity contribution in [3.63, 3.8) is 0 Å². The Morgan fingerprint density at radius 2 is 1.61 bits per heavy atom. The molecule has 1 nitrogen and oxygen atoms in total. The summed E-state index contributed by atoms with van der Waals surface area (Å²) in [6.07, 6.45) is 0.504. The number of fused-ring (bicyclic) bond motifs is 1. The first kappa shape index (κ1) is 14.4. The summed E-state index contributed by atoms with van der Waals surface area (Å²) >= 11 is 0. The summed E-state index contributed by atoms with van der Waals surface area (Å²) in [6.45, 7) is 5.80. The van der Waals surface area contributed by atoms with E-state index in [9.17, 15) is 13.2 Å². The van der Waals surface area contributed by atoms with Crippen molar-refractivity contribution in [2.24, 2.45) is 0 Å². The number of nitrogen functional groups attached to an aromatic ring is 1. The van der Waals surface area contributed by atoms with E-state index >= 15 is 0 Å². The molecule has 18 heavy (non-hydrogen) atoms. The van der Waals surface area contributed by atoms with E-state index in [1.807, 2.05) is 13.8 Å². The Hall–Kier alpha value is -1.71. The summed E-state index contributed by atoms with van der Waals surface area (Å²) in [7, 11) is 0. The lowest BCUT2D eigenvalue weighted by Gasteiger charge is -2.08. The largest absolute Gasteiger partial charge is 0.399 e. The first-order chi connectivity index (χ1) is 8.54. The van der Waals surface area contributed by atoms with Gasteiger partial charge >= 0.3 is 0 Å². The zero-order valence-electron chi connectivity index (χ0n) is 10.7. The number of anilines is 1. The number of benzene rings is 2. The third-order valence-corrected chi connectivity index (χ3v) is 2.56. The van der Waals surface area contributed by atoms with Crippen molar-refractivity contribution >= 4 is 16.5 Å². The van der Waals surface area contributed by atoms with Crippen LogP contribution in [0.15, 0.2) is 18.2 Å². The highest BCUT2D eigenvalue weighted by Gasteiger charge is 2.16. The van der Waals surface area contributed by atoms with Crippen LogP contribution < -0.4 is 5.73 Å². The number of hydrogen-bond acceptors (Lipinski definition) is 1. The Morgan fingerprint density at radius 3 is 2.17 bits per heavy atom. The molecule has 0 aliphatic rings. The lowest BCUT2D eigenvalue weighted by atomic mass is 10.0. The molecule has 2 N–H and O–H groups in total. The Labute approximate surface area is 104 Å². The highest BCUT2D eigenvalue weighted by atomic mass is 19.2. The van der Waals surface area contributed by atoms with Gasteiger partial charge in [0.2, 0.25) is 0 Å². The molecule has 0 aromatic heterocycles.